The minimum absolute atomic E-state index is 0.0558. The highest BCUT2D eigenvalue weighted by atomic mass is 19.1. The van der Waals surface area contributed by atoms with Crippen LogP contribution in [0, 0.1) is 11.2 Å². The molecule has 1 unspecified atom stereocenters. The Morgan fingerprint density at radius 3 is 2.96 bits per heavy atom. The van der Waals surface area contributed by atoms with E-state index in [1.807, 2.05) is 9.80 Å². The zero-order valence-corrected chi connectivity index (χ0v) is 15.6. The molecule has 1 atom stereocenters. The van der Waals surface area contributed by atoms with Crippen LogP contribution in [0.5, 0.6) is 0 Å². The van der Waals surface area contributed by atoms with Gasteiger partial charge in [0.05, 0.1) is 16.4 Å². The number of aromatic amines is 1. The lowest BCUT2D eigenvalue weighted by molar-refractivity contribution is -0.136. The van der Waals surface area contributed by atoms with Gasteiger partial charge in [-0.1, -0.05) is 6.92 Å². The molecule has 0 aliphatic carbocycles. The van der Waals surface area contributed by atoms with Crippen LogP contribution in [0.3, 0.4) is 0 Å². The lowest BCUT2D eigenvalue weighted by Gasteiger charge is -2.23. The Labute approximate surface area is 157 Å². The van der Waals surface area contributed by atoms with Crippen LogP contribution in [-0.4, -0.2) is 57.8 Å². The number of nitrogens with zero attached hydrogens (tertiary/aromatic N) is 3. The van der Waals surface area contributed by atoms with Gasteiger partial charge in [-0.15, -0.1) is 0 Å². The number of H-pyrrole nitrogens is 1. The molecular formula is C20H25FN4O2. The number of carbonyl (C=O) groups is 2. The number of halogens is 1. The molecule has 6 nitrogen and oxygen atoms in total. The number of nitrogens with one attached hydrogen (secondary N) is 1. The standard InChI is InChI=1S/C20H25FN4O2/c1-2-9-24-10-7-20(19(24)27)8-11-25(13-20)18(26)6-5-17-22-15-4-3-14(21)12-16(15)23-17/h3-4,12H,2,5-11,13H2,1H3,(H,22,23). The largest absolute Gasteiger partial charge is 0.342 e. The second kappa shape index (κ2) is 6.94. The van der Waals surface area contributed by atoms with Gasteiger partial charge in [-0.2, -0.15) is 0 Å². The Balaban J connectivity index is 1.36. The lowest BCUT2D eigenvalue weighted by atomic mass is 9.85. The molecule has 4 rings (SSSR count). The predicted molar refractivity (Wildman–Crippen MR) is 99.5 cm³/mol. The Bertz CT molecular complexity index is 880. The summed E-state index contributed by atoms with van der Waals surface area (Å²) in [5.74, 6) is 0.651. The van der Waals surface area contributed by atoms with E-state index in [9.17, 15) is 14.0 Å². The maximum atomic E-state index is 13.3. The van der Waals surface area contributed by atoms with Crippen molar-refractivity contribution in [2.45, 2.75) is 39.0 Å². The van der Waals surface area contributed by atoms with E-state index in [2.05, 4.69) is 16.9 Å². The SMILES string of the molecule is CCCN1CCC2(CCN(C(=O)CCc3nc4ccc(F)cc4[nH]3)C2)C1=O. The number of imidazole rings is 1. The molecule has 144 valence electrons. The van der Waals surface area contributed by atoms with Gasteiger partial charge in [0, 0.05) is 39.0 Å². The van der Waals surface area contributed by atoms with Gasteiger partial charge in [-0.25, -0.2) is 9.37 Å². The number of amides is 2. The molecule has 2 aliphatic heterocycles. The van der Waals surface area contributed by atoms with Gasteiger partial charge in [0.2, 0.25) is 11.8 Å². The van der Waals surface area contributed by atoms with Gasteiger partial charge < -0.3 is 14.8 Å². The van der Waals surface area contributed by atoms with Gasteiger partial charge in [0.1, 0.15) is 11.6 Å². The minimum Gasteiger partial charge on any atom is -0.342 e. The van der Waals surface area contributed by atoms with Crippen LogP contribution < -0.4 is 0 Å². The number of likely N-dealkylation sites (tertiary alicyclic amines) is 2. The monoisotopic (exact) mass is 372 g/mol. The van der Waals surface area contributed by atoms with E-state index in [1.54, 1.807) is 6.07 Å². The fourth-order valence-electron chi connectivity index (χ4n) is 4.38. The van der Waals surface area contributed by atoms with Crippen molar-refractivity contribution >= 4 is 22.8 Å². The predicted octanol–water partition coefficient (Wildman–Crippen LogP) is 2.50. The number of hydrogen-bond acceptors (Lipinski definition) is 3. The highest BCUT2D eigenvalue weighted by Crippen LogP contribution is 2.40. The third-order valence-electron chi connectivity index (χ3n) is 5.87. The number of rotatable bonds is 5. The fraction of sp³-hybridized carbons (Fsp3) is 0.550. The van der Waals surface area contributed by atoms with Crippen LogP contribution in [0.25, 0.3) is 11.0 Å². The second-order valence-corrected chi connectivity index (χ2v) is 7.73. The molecule has 2 aliphatic rings. The van der Waals surface area contributed by atoms with Crippen LogP contribution in [-0.2, 0) is 16.0 Å². The molecule has 1 spiro atoms. The third-order valence-corrected chi connectivity index (χ3v) is 5.87. The molecule has 1 aromatic carbocycles. The lowest BCUT2D eigenvalue weighted by Crippen LogP contribution is -2.38. The summed E-state index contributed by atoms with van der Waals surface area (Å²) in [6, 6.07) is 4.42. The summed E-state index contributed by atoms with van der Waals surface area (Å²) in [4.78, 5) is 36.6. The van der Waals surface area contributed by atoms with E-state index in [0.29, 0.717) is 42.8 Å². The molecule has 27 heavy (non-hydrogen) atoms. The molecule has 2 fully saturated rings. The highest BCUT2D eigenvalue weighted by molar-refractivity contribution is 5.87. The van der Waals surface area contributed by atoms with Crippen LogP contribution in [0.4, 0.5) is 4.39 Å². The quantitative estimate of drug-likeness (QED) is 0.877. The van der Waals surface area contributed by atoms with E-state index in [0.717, 1.165) is 32.4 Å². The fourth-order valence-corrected chi connectivity index (χ4v) is 4.38. The van der Waals surface area contributed by atoms with Gasteiger partial charge in [0.25, 0.3) is 0 Å². The first-order valence-corrected chi connectivity index (χ1v) is 9.72. The summed E-state index contributed by atoms with van der Waals surface area (Å²) in [5, 5.41) is 0. The average Bonchev–Trinajstić information content (AvgIpc) is 3.34. The van der Waals surface area contributed by atoms with Crippen molar-refractivity contribution in [2.75, 3.05) is 26.2 Å². The molecule has 2 saturated heterocycles. The number of carbonyl (C=O) groups excluding carboxylic acids is 2. The summed E-state index contributed by atoms with van der Waals surface area (Å²) in [5.41, 5.74) is 0.985. The molecule has 0 saturated carbocycles. The molecule has 7 heteroatoms. The molecule has 3 heterocycles. The zero-order chi connectivity index (χ0) is 19.0. The summed E-state index contributed by atoms with van der Waals surface area (Å²) >= 11 is 0. The Kier molecular flexibility index (Phi) is 4.61. The van der Waals surface area contributed by atoms with Crippen LogP contribution in [0.1, 0.15) is 38.4 Å². The number of hydrogen-bond donors (Lipinski definition) is 1. The van der Waals surface area contributed by atoms with E-state index in [1.165, 1.54) is 12.1 Å². The van der Waals surface area contributed by atoms with Crippen molar-refractivity contribution in [3.63, 3.8) is 0 Å². The van der Waals surface area contributed by atoms with Crippen molar-refractivity contribution in [3.8, 4) is 0 Å². The maximum absolute atomic E-state index is 13.3. The summed E-state index contributed by atoms with van der Waals surface area (Å²) in [6.45, 7) is 4.88. The van der Waals surface area contributed by atoms with E-state index < -0.39 is 0 Å². The van der Waals surface area contributed by atoms with Crippen molar-refractivity contribution in [3.05, 3.63) is 29.8 Å². The number of aromatic nitrogens is 2. The molecule has 1 aromatic heterocycles. The average molecular weight is 372 g/mol. The third kappa shape index (κ3) is 3.31. The molecule has 0 radical (unpaired) electrons. The zero-order valence-electron chi connectivity index (χ0n) is 15.6. The van der Waals surface area contributed by atoms with Crippen molar-refractivity contribution in [2.24, 2.45) is 5.41 Å². The van der Waals surface area contributed by atoms with E-state index in [-0.39, 0.29) is 23.0 Å². The topological polar surface area (TPSA) is 69.3 Å². The Morgan fingerprint density at radius 2 is 2.15 bits per heavy atom. The molecular weight excluding hydrogens is 347 g/mol. The van der Waals surface area contributed by atoms with E-state index >= 15 is 0 Å². The van der Waals surface area contributed by atoms with Crippen molar-refractivity contribution < 1.29 is 14.0 Å². The Hall–Kier alpha value is -2.44. The van der Waals surface area contributed by atoms with Gasteiger partial charge in [-0.3, -0.25) is 9.59 Å². The van der Waals surface area contributed by atoms with E-state index in [4.69, 9.17) is 0 Å². The molecule has 2 amide bonds. The molecule has 1 N–H and O–H groups in total. The highest BCUT2D eigenvalue weighted by Gasteiger charge is 2.51. The maximum Gasteiger partial charge on any atom is 0.230 e. The summed E-state index contributed by atoms with van der Waals surface area (Å²) in [6.07, 6.45) is 3.40. The van der Waals surface area contributed by atoms with Crippen molar-refractivity contribution in [1.82, 2.24) is 19.8 Å². The van der Waals surface area contributed by atoms with Gasteiger partial charge in [0.15, 0.2) is 0 Å². The smallest absolute Gasteiger partial charge is 0.230 e. The first-order chi connectivity index (χ1) is 13.0. The number of aryl methyl sites for hydroxylation is 1. The normalized spacial score (nSPS) is 22.5. The number of fused-ring (bicyclic) bond motifs is 1. The number of benzene rings is 1. The van der Waals surface area contributed by atoms with Crippen LogP contribution >= 0.6 is 0 Å². The van der Waals surface area contributed by atoms with Crippen LogP contribution in [0.2, 0.25) is 0 Å². The minimum atomic E-state index is -0.359. The van der Waals surface area contributed by atoms with Gasteiger partial charge in [-0.05, 0) is 37.5 Å². The Morgan fingerprint density at radius 1 is 1.33 bits per heavy atom. The molecule has 0 bridgehead atoms. The second-order valence-electron chi connectivity index (χ2n) is 7.73. The summed E-state index contributed by atoms with van der Waals surface area (Å²) < 4.78 is 13.3. The summed E-state index contributed by atoms with van der Waals surface area (Å²) in [7, 11) is 0. The first kappa shape index (κ1) is 17.9. The van der Waals surface area contributed by atoms with Crippen molar-refractivity contribution in [1.29, 1.82) is 0 Å². The van der Waals surface area contributed by atoms with Gasteiger partial charge >= 0.3 is 0 Å². The first-order valence-electron chi connectivity index (χ1n) is 9.72. The molecule has 2 aromatic rings. The van der Waals surface area contributed by atoms with Crippen LogP contribution in [0.15, 0.2) is 18.2 Å².